The molecule has 2 atom stereocenters. The number of carbonyl (C=O) groups is 2. The molecule has 1 fully saturated rings. The van der Waals surface area contributed by atoms with Gasteiger partial charge in [-0.2, -0.15) is 0 Å². The van der Waals surface area contributed by atoms with E-state index in [2.05, 4.69) is 5.32 Å². The molecule has 140 valence electrons. The Morgan fingerprint density at radius 3 is 2.85 bits per heavy atom. The first-order chi connectivity index (χ1) is 13.0. The van der Waals surface area contributed by atoms with Crippen molar-refractivity contribution in [2.75, 3.05) is 13.2 Å². The summed E-state index contributed by atoms with van der Waals surface area (Å²) in [5.74, 6) is -0.301. The zero-order valence-corrected chi connectivity index (χ0v) is 15.3. The molecule has 0 aromatic heterocycles. The first-order valence-corrected chi connectivity index (χ1v) is 9.15. The summed E-state index contributed by atoms with van der Waals surface area (Å²) in [6, 6.07) is 11.7. The van der Waals surface area contributed by atoms with Gasteiger partial charge in [0.05, 0.1) is 6.04 Å². The molecule has 0 unspecified atom stereocenters. The summed E-state index contributed by atoms with van der Waals surface area (Å²) >= 11 is 6.29. The number of morpholine rings is 1. The van der Waals surface area contributed by atoms with Gasteiger partial charge in [-0.1, -0.05) is 35.9 Å². The summed E-state index contributed by atoms with van der Waals surface area (Å²) in [7, 11) is 0. The van der Waals surface area contributed by atoms with Crippen LogP contribution in [0.2, 0.25) is 5.02 Å². The smallest absolute Gasteiger partial charge is 0.254 e. The highest BCUT2D eigenvalue weighted by Gasteiger charge is 2.39. The van der Waals surface area contributed by atoms with Crippen molar-refractivity contribution >= 4 is 23.4 Å². The zero-order chi connectivity index (χ0) is 19.0. The van der Waals surface area contributed by atoms with E-state index < -0.39 is 12.1 Å². The van der Waals surface area contributed by atoms with Crippen molar-refractivity contribution < 1.29 is 19.4 Å². The van der Waals surface area contributed by atoms with Crippen LogP contribution in [0.3, 0.4) is 0 Å². The standard InChI is InChI=1S/C20H19ClN2O4/c21-16-4-2-1-3-15(16)18-19(27-11-17(25)22-18)20(26)23-8-7-12-5-6-14(24)9-13(12)10-23/h1-6,9,18-19,24H,7-8,10-11H2,(H,22,25)/t18-,19+/m1/s1. The molecule has 1 saturated heterocycles. The van der Waals surface area contributed by atoms with E-state index in [0.29, 0.717) is 30.1 Å². The van der Waals surface area contributed by atoms with Crippen LogP contribution in [0.5, 0.6) is 5.75 Å². The van der Waals surface area contributed by atoms with Gasteiger partial charge in [0, 0.05) is 18.1 Å². The first-order valence-electron chi connectivity index (χ1n) is 8.78. The van der Waals surface area contributed by atoms with Crippen molar-refractivity contribution in [3.05, 3.63) is 64.2 Å². The van der Waals surface area contributed by atoms with E-state index in [1.807, 2.05) is 12.1 Å². The summed E-state index contributed by atoms with van der Waals surface area (Å²) in [4.78, 5) is 26.8. The van der Waals surface area contributed by atoms with E-state index in [0.717, 1.165) is 11.1 Å². The minimum Gasteiger partial charge on any atom is -0.508 e. The number of benzene rings is 2. The van der Waals surface area contributed by atoms with Gasteiger partial charge in [-0.15, -0.1) is 0 Å². The number of halogens is 1. The monoisotopic (exact) mass is 386 g/mol. The average Bonchev–Trinajstić information content (AvgIpc) is 2.67. The molecule has 0 spiro atoms. The normalized spacial score (nSPS) is 22.1. The minimum atomic E-state index is -0.846. The van der Waals surface area contributed by atoms with Crippen molar-refractivity contribution in [2.24, 2.45) is 0 Å². The maximum atomic E-state index is 13.2. The molecule has 4 rings (SSSR count). The second-order valence-corrected chi connectivity index (χ2v) is 7.17. The number of nitrogens with one attached hydrogen (secondary N) is 1. The quantitative estimate of drug-likeness (QED) is 0.829. The Morgan fingerprint density at radius 2 is 2.04 bits per heavy atom. The molecule has 0 radical (unpaired) electrons. The van der Waals surface area contributed by atoms with Crippen LogP contribution in [-0.4, -0.2) is 41.1 Å². The lowest BCUT2D eigenvalue weighted by atomic mass is 9.96. The fraction of sp³-hybridized carbons (Fsp3) is 0.300. The Balaban J connectivity index is 1.60. The van der Waals surface area contributed by atoms with Gasteiger partial charge in [0.1, 0.15) is 12.4 Å². The number of rotatable bonds is 2. The fourth-order valence-electron chi connectivity index (χ4n) is 3.65. The number of carbonyl (C=O) groups excluding carboxylic acids is 2. The molecule has 27 heavy (non-hydrogen) atoms. The molecule has 2 N–H and O–H groups in total. The highest BCUT2D eigenvalue weighted by molar-refractivity contribution is 6.31. The minimum absolute atomic E-state index is 0.164. The number of phenols is 1. The maximum Gasteiger partial charge on any atom is 0.254 e. The van der Waals surface area contributed by atoms with Gasteiger partial charge >= 0.3 is 0 Å². The van der Waals surface area contributed by atoms with Crippen LogP contribution >= 0.6 is 11.6 Å². The molecule has 2 amide bonds. The predicted octanol–water partition coefficient (Wildman–Crippen LogP) is 2.19. The Hall–Kier alpha value is -2.57. The van der Waals surface area contributed by atoms with E-state index in [9.17, 15) is 14.7 Å². The van der Waals surface area contributed by atoms with Crippen molar-refractivity contribution in [1.29, 1.82) is 0 Å². The van der Waals surface area contributed by atoms with Crippen LogP contribution in [0, 0.1) is 0 Å². The van der Waals surface area contributed by atoms with Gasteiger partial charge in [0.25, 0.3) is 5.91 Å². The van der Waals surface area contributed by atoms with Gasteiger partial charge in [-0.05, 0) is 41.3 Å². The molecule has 2 aliphatic rings. The van der Waals surface area contributed by atoms with Gasteiger partial charge in [0.15, 0.2) is 6.10 Å². The molecule has 0 saturated carbocycles. The molecule has 2 aromatic rings. The summed E-state index contributed by atoms with van der Waals surface area (Å²) in [5.41, 5.74) is 2.70. The Kier molecular flexibility index (Phi) is 4.76. The van der Waals surface area contributed by atoms with E-state index in [4.69, 9.17) is 16.3 Å². The number of ether oxygens (including phenoxy) is 1. The second kappa shape index (κ2) is 7.21. The van der Waals surface area contributed by atoms with Crippen molar-refractivity contribution in [1.82, 2.24) is 10.2 Å². The van der Waals surface area contributed by atoms with Crippen molar-refractivity contribution in [2.45, 2.75) is 25.1 Å². The maximum absolute atomic E-state index is 13.2. The third kappa shape index (κ3) is 3.50. The van der Waals surface area contributed by atoms with Crippen LogP contribution in [0.25, 0.3) is 0 Å². The average molecular weight is 387 g/mol. The molecule has 7 heteroatoms. The molecule has 2 heterocycles. The molecule has 2 aliphatic heterocycles. The number of phenolic OH excluding ortho intramolecular Hbond substituents is 1. The molecule has 6 nitrogen and oxygen atoms in total. The Bertz CT molecular complexity index is 901. The summed E-state index contributed by atoms with van der Waals surface area (Å²) in [6.07, 6.45) is -0.140. The Labute approximate surface area is 161 Å². The fourth-order valence-corrected chi connectivity index (χ4v) is 3.90. The molecule has 0 aliphatic carbocycles. The topological polar surface area (TPSA) is 78.9 Å². The number of amides is 2. The number of hydrogen-bond donors (Lipinski definition) is 2. The van der Waals surface area contributed by atoms with Gasteiger partial charge < -0.3 is 20.1 Å². The third-order valence-electron chi connectivity index (χ3n) is 5.01. The lowest BCUT2D eigenvalue weighted by Gasteiger charge is -2.37. The zero-order valence-electron chi connectivity index (χ0n) is 14.5. The molecule has 2 aromatic carbocycles. The van der Waals surface area contributed by atoms with E-state index in [1.165, 1.54) is 0 Å². The molecular formula is C20H19ClN2O4. The summed E-state index contributed by atoms with van der Waals surface area (Å²) in [6.45, 7) is 0.786. The number of aromatic hydroxyl groups is 1. The Morgan fingerprint density at radius 1 is 1.22 bits per heavy atom. The van der Waals surface area contributed by atoms with E-state index in [1.54, 1.807) is 35.2 Å². The predicted molar refractivity (Wildman–Crippen MR) is 99.3 cm³/mol. The van der Waals surface area contributed by atoms with Crippen LogP contribution in [-0.2, 0) is 27.3 Å². The lowest BCUT2D eigenvalue weighted by Crippen LogP contribution is -2.54. The molecular weight excluding hydrogens is 368 g/mol. The van der Waals surface area contributed by atoms with Crippen molar-refractivity contribution in [3.8, 4) is 5.75 Å². The highest BCUT2D eigenvalue weighted by Crippen LogP contribution is 2.31. The molecule has 0 bridgehead atoms. The summed E-state index contributed by atoms with van der Waals surface area (Å²) in [5, 5.41) is 13.0. The second-order valence-electron chi connectivity index (χ2n) is 6.76. The van der Waals surface area contributed by atoms with Crippen molar-refractivity contribution in [3.63, 3.8) is 0 Å². The van der Waals surface area contributed by atoms with Gasteiger partial charge in [-0.25, -0.2) is 0 Å². The highest BCUT2D eigenvalue weighted by atomic mass is 35.5. The van der Waals surface area contributed by atoms with Gasteiger partial charge in [0.2, 0.25) is 5.91 Å². The first kappa shape index (κ1) is 17.8. The van der Waals surface area contributed by atoms with Crippen LogP contribution in [0.15, 0.2) is 42.5 Å². The lowest BCUT2D eigenvalue weighted by molar-refractivity contribution is -0.156. The number of fused-ring (bicyclic) bond motifs is 1. The van der Waals surface area contributed by atoms with E-state index >= 15 is 0 Å². The number of hydrogen-bond acceptors (Lipinski definition) is 4. The largest absolute Gasteiger partial charge is 0.508 e. The number of nitrogens with zero attached hydrogens (tertiary/aromatic N) is 1. The van der Waals surface area contributed by atoms with Gasteiger partial charge in [-0.3, -0.25) is 9.59 Å². The van der Waals surface area contributed by atoms with E-state index in [-0.39, 0.29) is 24.2 Å². The third-order valence-corrected chi connectivity index (χ3v) is 5.35. The van der Waals surface area contributed by atoms with Crippen LogP contribution < -0.4 is 5.32 Å². The van der Waals surface area contributed by atoms with Crippen LogP contribution in [0.4, 0.5) is 0 Å². The van der Waals surface area contributed by atoms with Crippen LogP contribution in [0.1, 0.15) is 22.7 Å². The SMILES string of the molecule is O=C1CO[C@H](C(=O)N2CCc3ccc(O)cc3C2)[C@@H](c2ccccc2Cl)N1. The summed E-state index contributed by atoms with van der Waals surface area (Å²) < 4.78 is 5.63.